The Labute approximate surface area is 145 Å². The second-order valence-electron chi connectivity index (χ2n) is 5.50. The molecule has 0 radical (unpaired) electrons. The van der Waals surface area contributed by atoms with Gasteiger partial charge in [-0.25, -0.2) is 0 Å². The van der Waals surface area contributed by atoms with E-state index >= 15 is 0 Å². The highest BCUT2D eigenvalue weighted by atomic mass is 31.2. The minimum absolute atomic E-state index is 0.156. The fourth-order valence-electron chi connectivity index (χ4n) is 2.31. The molecule has 1 aromatic carbocycles. The summed E-state index contributed by atoms with van der Waals surface area (Å²) in [5, 5.41) is 3.36. The van der Waals surface area contributed by atoms with E-state index in [1.54, 1.807) is 21.0 Å². The number of rotatable bonds is 12. The summed E-state index contributed by atoms with van der Waals surface area (Å²) in [6.07, 6.45) is 0.741. The zero-order chi connectivity index (χ0) is 18.0. The molecule has 0 saturated carbocycles. The van der Waals surface area contributed by atoms with E-state index in [1.165, 1.54) is 0 Å². The summed E-state index contributed by atoms with van der Waals surface area (Å²) in [5.41, 5.74) is 1.14. The van der Waals surface area contributed by atoms with Crippen molar-refractivity contribution in [1.82, 2.24) is 5.32 Å². The van der Waals surface area contributed by atoms with Gasteiger partial charge in [0.1, 0.15) is 5.75 Å². The van der Waals surface area contributed by atoms with E-state index in [2.05, 4.69) is 12.2 Å². The monoisotopic (exact) mass is 359 g/mol. The summed E-state index contributed by atoms with van der Waals surface area (Å²) in [7, 11) is -1.84. The maximum absolute atomic E-state index is 12.3. The molecule has 7 heteroatoms. The molecular weight excluding hydrogens is 329 g/mol. The van der Waals surface area contributed by atoms with Crippen LogP contribution in [0.25, 0.3) is 0 Å². The van der Waals surface area contributed by atoms with Crippen LogP contribution in [-0.4, -0.2) is 44.0 Å². The first-order valence-corrected chi connectivity index (χ1v) is 10.3. The molecule has 0 aliphatic rings. The Balaban J connectivity index is 2.41. The summed E-state index contributed by atoms with van der Waals surface area (Å²) in [6, 6.07) is 6.99. The van der Waals surface area contributed by atoms with Crippen molar-refractivity contribution < 1.29 is 23.7 Å². The molecule has 2 atom stereocenters. The van der Waals surface area contributed by atoms with E-state index in [-0.39, 0.29) is 12.2 Å². The maximum Gasteiger partial charge on any atom is 0.255 e. The predicted octanol–water partition coefficient (Wildman–Crippen LogP) is 3.36. The van der Waals surface area contributed by atoms with Gasteiger partial charge in [0.05, 0.1) is 7.11 Å². The van der Waals surface area contributed by atoms with Gasteiger partial charge in [-0.2, -0.15) is 0 Å². The van der Waals surface area contributed by atoms with Crippen molar-refractivity contribution in [3.63, 3.8) is 0 Å². The second-order valence-corrected chi connectivity index (χ2v) is 7.88. The fraction of sp³-hybridized carbons (Fsp3) is 0.647. The largest absolute Gasteiger partial charge is 0.497 e. The van der Waals surface area contributed by atoms with Crippen LogP contribution < -0.4 is 10.1 Å². The topological polar surface area (TPSA) is 77.0 Å². The predicted molar refractivity (Wildman–Crippen MR) is 95.8 cm³/mol. The first-order chi connectivity index (χ1) is 11.4. The quantitative estimate of drug-likeness (QED) is 0.339. The molecular formula is C17H30NO5P. The molecule has 0 spiro atoms. The van der Waals surface area contributed by atoms with Crippen LogP contribution >= 0.6 is 7.37 Å². The molecule has 2 unspecified atom stereocenters. The second kappa shape index (κ2) is 10.9. The zero-order valence-electron chi connectivity index (χ0n) is 15.0. The molecule has 0 aliphatic heterocycles. The van der Waals surface area contributed by atoms with Gasteiger partial charge in [0.2, 0.25) is 6.03 Å². The van der Waals surface area contributed by atoms with E-state index in [0.717, 1.165) is 11.3 Å². The van der Waals surface area contributed by atoms with E-state index in [9.17, 15) is 9.46 Å². The summed E-state index contributed by atoms with van der Waals surface area (Å²) in [5.74, 6) is 0.824. The molecule has 138 valence electrons. The molecule has 0 saturated heterocycles. The lowest BCUT2D eigenvalue weighted by molar-refractivity contribution is -0.0871. The first-order valence-electron chi connectivity index (χ1n) is 8.36. The van der Waals surface area contributed by atoms with Crippen LogP contribution in [-0.2, 0) is 14.0 Å². The van der Waals surface area contributed by atoms with Crippen LogP contribution in [0, 0.1) is 0 Å². The fourth-order valence-corrected chi connectivity index (χ4v) is 3.89. The molecule has 0 aliphatic carbocycles. The Morgan fingerprint density at radius 3 is 2.25 bits per heavy atom. The maximum atomic E-state index is 12.3. The van der Waals surface area contributed by atoms with Crippen molar-refractivity contribution in [2.24, 2.45) is 0 Å². The highest BCUT2D eigenvalue weighted by Crippen LogP contribution is 2.47. The van der Waals surface area contributed by atoms with Crippen molar-refractivity contribution in [3.05, 3.63) is 29.8 Å². The summed E-state index contributed by atoms with van der Waals surface area (Å²) in [4.78, 5) is 10.1. The van der Waals surface area contributed by atoms with Crippen molar-refractivity contribution in [3.8, 4) is 5.75 Å². The Bertz CT molecular complexity index is 502. The van der Waals surface area contributed by atoms with Crippen LogP contribution in [0.3, 0.4) is 0 Å². The highest BCUT2D eigenvalue weighted by molar-refractivity contribution is 7.58. The summed E-state index contributed by atoms with van der Waals surface area (Å²) >= 11 is 0. The average molecular weight is 359 g/mol. The van der Waals surface area contributed by atoms with Crippen molar-refractivity contribution >= 4 is 7.37 Å². The third-order valence-corrected chi connectivity index (χ3v) is 5.58. The molecule has 24 heavy (non-hydrogen) atoms. The summed E-state index contributed by atoms with van der Waals surface area (Å²) < 4.78 is 28.0. The molecule has 0 bridgehead atoms. The number of benzene rings is 1. The summed E-state index contributed by atoms with van der Waals surface area (Å²) in [6.45, 7) is 6.96. The Morgan fingerprint density at radius 1 is 1.17 bits per heavy atom. The first kappa shape index (κ1) is 21.1. The number of ether oxygens (including phenoxy) is 3. The van der Waals surface area contributed by atoms with Gasteiger partial charge in [-0.15, -0.1) is 0 Å². The molecule has 2 N–H and O–H groups in total. The SMILES string of the molecule is CCOC(OCC)P(=O)(O)CCCNC(C)c1ccc(OC)cc1. The molecule has 0 amide bonds. The van der Waals surface area contributed by atoms with Gasteiger partial charge in [0, 0.05) is 25.4 Å². The number of hydrogen-bond donors (Lipinski definition) is 2. The van der Waals surface area contributed by atoms with Gasteiger partial charge in [-0.3, -0.25) is 4.57 Å². The Hall–Kier alpha value is -0.910. The van der Waals surface area contributed by atoms with E-state index in [1.807, 2.05) is 24.3 Å². The van der Waals surface area contributed by atoms with Crippen LogP contribution in [0.15, 0.2) is 24.3 Å². The third kappa shape index (κ3) is 6.91. The van der Waals surface area contributed by atoms with Gasteiger partial charge in [-0.1, -0.05) is 12.1 Å². The van der Waals surface area contributed by atoms with Crippen LogP contribution in [0.5, 0.6) is 5.75 Å². The van der Waals surface area contributed by atoms with Crippen molar-refractivity contribution in [2.45, 2.75) is 39.3 Å². The van der Waals surface area contributed by atoms with Gasteiger partial charge >= 0.3 is 0 Å². The molecule has 0 fully saturated rings. The number of methoxy groups -OCH3 is 1. The molecule has 1 rings (SSSR count). The van der Waals surface area contributed by atoms with Crippen molar-refractivity contribution in [2.75, 3.05) is 33.0 Å². The smallest absolute Gasteiger partial charge is 0.255 e. The lowest BCUT2D eigenvalue weighted by Gasteiger charge is -2.23. The lowest BCUT2D eigenvalue weighted by atomic mass is 10.1. The van der Waals surface area contributed by atoms with Crippen LogP contribution in [0.4, 0.5) is 0 Å². The minimum Gasteiger partial charge on any atom is -0.497 e. The Morgan fingerprint density at radius 2 is 1.75 bits per heavy atom. The minimum atomic E-state index is -3.48. The number of nitrogens with one attached hydrogen (secondary N) is 1. The number of hydrogen-bond acceptors (Lipinski definition) is 5. The van der Waals surface area contributed by atoms with Gasteiger partial charge in [0.25, 0.3) is 7.37 Å². The third-order valence-electron chi connectivity index (χ3n) is 3.67. The van der Waals surface area contributed by atoms with E-state index in [0.29, 0.717) is 26.2 Å². The lowest BCUT2D eigenvalue weighted by Crippen LogP contribution is -2.23. The van der Waals surface area contributed by atoms with E-state index in [4.69, 9.17) is 14.2 Å². The molecule has 0 aromatic heterocycles. The zero-order valence-corrected chi connectivity index (χ0v) is 15.9. The van der Waals surface area contributed by atoms with Gasteiger partial charge < -0.3 is 24.4 Å². The average Bonchev–Trinajstić information content (AvgIpc) is 2.58. The van der Waals surface area contributed by atoms with Gasteiger partial charge in [-0.05, 0) is 51.4 Å². The highest BCUT2D eigenvalue weighted by Gasteiger charge is 2.31. The normalized spacial score (nSPS) is 15.2. The molecule has 0 heterocycles. The molecule has 6 nitrogen and oxygen atoms in total. The molecule has 1 aromatic rings. The Kier molecular flexibility index (Phi) is 9.56. The van der Waals surface area contributed by atoms with Crippen molar-refractivity contribution in [1.29, 1.82) is 0 Å². The van der Waals surface area contributed by atoms with Crippen LogP contribution in [0.2, 0.25) is 0 Å². The van der Waals surface area contributed by atoms with Gasteiger partial charge in [0.15, 0.2) is 0 Å². The van der Waals surface area contributed by atoms with E-state index < -0.39 is 13.4 Å². The van der Waals surface area contributed by atoms with Crippen LogP contribution in [0.1, 0.15) is 38.8 Å². The standard InChI is InChI=1S/C17H30NO5P/c1-5-22-17(23-6-2)24(19,20)13-7-12-18-14(3)15-8-10-16(21-4)11-9-15/h8-11,14,17-18H,5-7,12-13H2,1-4H3,(H,19,20).